The molecule has 1 atom stereocenters. The van der Waals surface area contributed by atoms with Crippen LogP contribution in [-0.4, -0.2) is 50.6 Å². The first-order chi connectivity index (χ1) is 13.6. The molecule has 1 N–H and O–H groups in total. The third-order valence-corrected chi connectivity index (χ3v) is 5.59. The first-order valence-corrected chi connectivity index (χ1v) is 11.1. The van der Waals surface area contributed by atoms with E-state index in [-0.39, 0.29) is 18.1 Å². The highest BCUT2D eigenvalue weighted by molar-refractivity contribution is 5.19. The Bertz CT molecular complexity index is 512. The van der Waals surface area contributed by atoms with Crippen LogP contribution >= 0.6 is 0 Å². The lowest BCUT2D eigenvalue weighted by atomic mass is 9.98. The van der Waals surface area contributed by atoms with Crippen molar-refractivity contribution in [2.24, 2.45) is 5.92 Å². The highest BCUT2D eigenvalue weighted by atomic mass is 19.1. The topological polar surface area (TPSA) is 33.7 Å². The van der Waals surface area contributed by atoms with Crippen molar-refractivity contribution < 1.29 is 13.9 Å². The fourth-order valence-electron chi connectivity index (χ4n) is 3.85. The van der Waals surface area contributed by atoms with Gasteiger partial charge in [-0.3, -0.25) is 0 Å². The summed E-state index contributed by atoms with van der Waals surface area (Å²) in [5.74, 6) is 0.686. The number of ether oxygens (including phenoxy) is 2. The molecule has 0 spiro atoms. The van der Waals surface area contributed by atoms with E-state index in [9.17, 15) is 4.39 Å². The molecule has 28 heavy (non-hydrogen) atoms. The van der Waals surface area contributed by atoms with Gasteiger partial charge in [0, 0.05) is 32.2 Å². The Labute approximate surface area is 170 Å². The lowest BCUT2D eigenvalue weighted by molar-refractivity contribution is -0.138. The fourth-order valence-corrected chi connectivity index (χ4v) is 3.85. The second-order valence-corrected chi connectivity index (χ2v) is 7.85. The Kier molecular flexibility index (Phi) is 11.0. The number of hydrogen-bond donors (Lipinski definition) is 1. The summed E-state index contributed by atoms with van der Waals surface area (Å²) in [6.07, 6.45) is 5.47. The Balaban J connectivity index is 1.83. The third kappa shape index (κ3) is 8.56. The maximum absolute atomic E-state index is 13.3. The molecule has 1 aromatic rings. The van der Waals surface area contributed by atoms with Crippen molar-refractivity contribution in [1.82, 2.24) is 10.2 Å². The average Bonchev–Trinajstić information content (AvgIpc) is 2.69. The monoisotopic (exact) mass is 394 g/mol. The minimum absolute atomic E-state index is 0.160. The molecule has 0 unspecified atom stereocenters. The van der Waals surface area contributed by atoms with Gasteiger partial charge in [-0.1, -0.05) is 19.1 Å². The lowest BCUT2D eigenvalue weighted by Gasteiger charge is -2.30. The molecule has 0 saturated carbocycles. The lowest BCUT2D eigenvalue weighted by Crippen LogP contribution is -2.34. The summed E-state index contributed by atoms with van der Waals surface area (Å²) in [7, 11) is 0. The van der Waals surface area contributed by atoms with Crippen molar-refractivity contribution in [2.75, 3.05) is 39.4 Å². The van der Waals surface area contributed by atoms with Gasteiger partial charge in [-0.2, -0.15) is 0 Å². The number of piperidine rings is 1. The number of nitrogens with zero attached hydrogens (tertiary/aromatic N) is 1. The second kappa shape index (κ2) is 13.3. The highest BCUT2D eigenvalue weighted by Crippen LogP contribution is 2.21. The van der Waals surface area contributed by atoms with Gasteiger partial charge in [-0.15, -0.1) is 0 Å². The predicted molar refractivity (Wildman–Crippen MR) is 113 cm³/mol. The van der Waals surface area contributed by atoms with Gasteiger partial charge in [-0.25, -0.2) is 4.39 Å². The van der Waals surface area contributed by atoms with E-state index < -0.39 is 0 Å². The fraction of sp³-hybridized carbons (Fsp3) is 0.739. The summed E-state index contributed by atoms with van der Waals surface area (Å²) < 4.78 is 24.6. The summed E-state index contributed by atoms with van der Waals surface area (Å²) in [6.45, 7) is 12.0. The van der Waals surface area contributed by atoms with Gasteiger partial charge in [0.05, 0.1) is 0 Å². The molecule has 1 saturated heterocycles. The Morgan fingerprint density at radius 2 is 1.71 bits per heavy atom. The van der Waals surface area contributed by atoms with E-state index >= 15 is 0 Å². The minimum atomic E-state index is -0.183. The maximum Gasteiger partial charge on any atom is 0.158 e. The summed E-state index contributed by atoms with van der Waals surface area (Å²) in [6, 6.07) is 7.14. The largest absolute Gasteiger partial charge is 0.353 e. The van der Waals surface area contributed by atoms with Crippen molar-refractivity contribution in [1.29, 1.82) is 0 Å². The van der Waals surface area contributed by atoms with E-state index in [2.05, 4.69) is 17.1 Å². The molecule has 0 amide bonds. The van der Waals surface area contributed by atoms with Crippen LogP contribution in [0.2, 0.25) is 0 Å². The molecule has 1 heterocycles. The number of rotatable bonds is 13. The average molecular weight is 395 g/mol. The molecule has 1 aliphatic rings. The molecule has 0 aliphatic carbocycles. The molecular formula is C23H39FN2O2. The Hall–Kier alpha value is -1.01. The van der Waals surface area contributed by atoms with Crippen LogP contribution in [-0.2, 0) is 9.47 Å². The zero-order chi connectivity index (χ0) is 20.2. The van der Waals surface area contributed by atoms with Gasteiger partial charge >= 0.3 is 0 Å². The van der Waals surface area contributed by atoms with Crippen LogP contribution in [0.3, 0.4) is 0 Å². The molecule has 2 rings (SSSR count). The van der Waals surface area contributed by atoms with Gasteiger partial charge < -0.3 is 19.7 Å². The first-order valence-electron chi connectivity index (χ1n) is 11.1. The molecule has 1 aliphatic heterocycles. The molecule has 160 valence electrons. The van der Waals surface area contributed by atoms with Crippen molar-refractivity contribution in [3.63, 3.8) is 0 Å². The molecule has 0 radical (unpaired) electrons. The highest BCUT2D eigenvalue weighted by Gasteiger charge is 2.17. The standard InChI is InChI=1S/C23H39FN2O2/c1-4-27-23(28-5-2)12-15-25-22(20-8-10-21(24)11-9-20)7-6-16-26-17-13-19(3)14-18-26/h8-11,19,22-23,25H,4-7,12-18H2,1-3H3/t22-/m0/s1. The molecule has 5 heteroatoms. The molecule has 1 aromatic carbocycles. The van der Waals surface area contributed by atoms with Crippen molar-refractivity contribution >= 4 is 0 Å². The molecule has 1 fully saturated rings. The van der Waals surface area contributed by atoms with Crippen molar-refractivity contribution in [3.05, 3.63) is 35.6 Å². The van der Waals surface area contributed by atoms with Gasteiger partial charge in [0.1, 0.15) is 5.82 Å². The second-order valence-electron chi connectivity index (χ2n) is 7.85. The van der Waals surface area contributed by atoms with Gasteiger partial charge in [0.2, 0.25) is 0 Å². The van der Waals surface area contributed by atoms with Crippen LogP contribution in [0.4, 0.5) is 4.39 Å². The van der Waals surface area contributed by atoms with Crippen LogP contribution in [0.25, 0.3) is 0 Å². The van der Waals surface area contributed by atoms with Crippen molar-refractivity contribution in [3.8, 4) is 0 Å². The number of benzene rings is 1. The van der Waals surface area contributed by atoms with Crippen LogP contribution in [0.5, 0.6) is 0 Å². The zero-order valence-electron chi connectivity index (χ0n) is 18.0. The number of likely N-dealkylation sites (tertiary alicyclic amines) is 1. The van der Waals surface area contributed by atoms with Crippen molar-refractivity contribution in [2.45, 2.75) is 65.2 Å². The zero-order valence-corrected chi connectivity index (χ0v) is 18.0. The van der Waals surface area contributed by atoms with Crippen LogP contribution in [0, 0.1) is 11.7 Å². The summed E-state index contributed by atoms with van der Waals surface area (Å²) in [5.41, 5.74) is 1.15. The normalized spacial score (nSPS) is 17.3. The third-order valence-electron chi connectivity index (χ3n) is 5.59. The summed E-state index contributed by atoms with van der Waals surface area (Å²) in [5, 5.41) is 3.65. The molecule has 0 bridgehead atoms. The first kappa shape index (κ1) is 23.3. The number of hydrogen-bond acceptors (Lipinski definition) is 4. The SMILES string of the molecule is CCOC(CCN[C@@H](CCCN1CCC(C)CC1)c1ccc(F)cc1)OCC. The van der Waals surface area contributed by atoms with Gasteiger partial charge in [0.25, 0.3) is 0 Å². The predicted octanol–water partition coefficient (Wildman–Crippen LogP) is 4.76. The van der Waals surface area contributed by atoms with E-state index in [1.54, 1.807) is 12.1 Å². The number of nitrogens with one attached hydrogen (secondary N) is 1. The smallest absolute Gasteiger partial charge is 0.158 e. The molecule has 0 aromatic heterocycles. The molecule has 4 nitrogen and oxygen atoms in total. The Morgan fingerprint density at radius 1 is 1.07 bits per heavy atom. The summed E-state index contributed by atoms with van der Waals surface area (Å²) >= 11 is 0. The van der Waals surface area contributed by atoms with Crippen LogP contribution in [0.1, 0.15) is 64.5 Å². The van der Waals surface area contributed by atoms with E-state index in [1.165, 1.54) is 25.9 Å². The van der Waals surface area contributed by atoms with E-state index in [1.807, 2.05) is 26.0 Å². The van der Waals surface area contributed by atoms with Gasteiger partial charge in [-0.05, 0) is 82.8 Å². The van der Waals surface area contributed by atoms with E-state index in [4.69, 9.17) is 9.47 Å². The van der Waals surface area contributed by atoms with Crippen LogP contribution < -0.4 is 5.32 Å². The maximum atomic E-state index is 13.3. The van der Waals surface area contributed by atoms with E-state index in [0.29, 0.717) is 13.2 Å². The molecular weight excluding hydrogens is 355 g/mol. The Morgan fingerprint density at radius 3 is 2.32 bits per heavy atom. The summed E-state index contributed by atoms with van der Waals surface area (Å²) in [4.78, 5) is 2.59. The van der Waals surface area contributed by atoms with Gasteiger partial charge in [0.15, 0.2) is 6.29 Å². The minimum Gasteiger partial charge on any atom is -0.353 e. The number of halogens is 1. The van der Waals surface area contributed by atoms with Crippen LogP contribution in [0.15, 0.2) is 24.3 Å². The van der Waals surface area contributed by atoms with E-state index in [0.717, 1.165) is 43.8 Å². The quantitative estimate of drug-likeness (QED) is 0.489.